The van der Waals surface area contributed by atoms with E-state index in [1.54, 1.807) is 0 Å². The number of sulfone groups is 1. The number of nitrogens with zero attached hydrogens (tertiary/aromatic N) is 2. The standard InChI is InChI=1S/C19H15F2N3O5S/c1-11-17(9-14-15(20)3-2-4-16(14)21)22-19(23-18(11)25)30(28,29)10-12-5-7-13(8-6-12)24(26)27/h2-8H,9-10H2,1H3,(H,22,23,25). The lowest BCUT2D eigenvalue weighted by atomic mass is 10.1. The molecule has 0 aliphatic carbocycles. The minimum atomic E-state index is -4.14. The van der Waals surface area contributed by atoms with Gasteiger partial charge in [-0.2, -0.15) is 0 Å². The van der Waals surface area contributed by atoms with Gasteiger partial charge in [0.05, 0.1) is 16.4 Å². The van der Waals surface area contributed by atoms with Gasteiger partial charge in [0.25, 0.3) is 11.2 Å². The number of halogens is 2. The fourth-order valence-corrected chi connectivity index (χ4v) is 4.01. The van der Waals surface area contributed by atoms with Crippen molar-refractivity contribution >= 4 is 15.5 Å². The fourth-order valence-electron chi connectivity index (χ4n) is 2.75. The zero-order valence-corrected chi connectivity index (χ0v) is 16.4. The molecule has 0 amide bonds. The first-order chi connectivity index (χ1) is 14.1. The normalized spacial score (nSPS) is 11.4. The van der Waals surface area contributed by atoms with E-state index in [1.807, 2.05) is 0 Å². The monoisotopic (exact) mass is 435 g/mol. The Bertz CT molecular complexity index is 1270. The van der Waals surface area contributed by atoms with Crippen LogP contribution >= 0.6 is 0 Å². The van der Waals surface area contributed by atoms with Crippen molar-refractivity contribution in [2.75, 3.05) is 0 Å². The maximum Gasteiger partial charge on any atom is 0.269 e. The maximum absolute atomic E-state index is 14.0. The predicted octanol–water partition coefficient (Wildman–Crippen LogP) is 2.83. The molecular formula is C19H15F2N3O5S. The number of aromatic nitrogens is 2. The van der Waals surface area contributed by atoms with Crippen molar-refractivity contribution in [3.63, 3.8) is 0 Å². The number of H-pyrrole nitrogens is 1. The highest BCUT2D eigenvalue weighted by Crippen LogP contribution is 2.20. The quantitative estimate of drug-likeness (QED) is 0.361. The molecule has 11 heteroatoms. The average molecular weight is 435 g/mol. The second kappa shape index (κ2) is 8.11. The van der Waals surface area contributed by atoms with Gasteiger partial charge in [0.2, 0.25) is 15.0 Å². The van der Waals surface area contributed by atoms with Gasteiger partial charge in [-0.3, -0.25) is 19.9 Å². The van der Waals surface area contributed by atoms with Crippen molar-refractivity contribution in [1.29, 1.82) is 0 Å². The molecular weight excluding hydrogens is 420 g/mol. The van der Waals surface area contributed by atoms with E-state index in [4.69, 9.17) is 0 Å². The highest BCUT2D eigenvalue weighted by molar-refractivity contribution is 7.90. The molecule has 2 aromatic carbocycles. The van der Waals surface area contributed by atoms with Gasteiger partial charge in [-0.1, -0.05) is 18.2 Å². The van der Waals surface area contributed by atoms with Gasteiger partial charge in [0.15, 0.2) is 0 Å². The molecule has 1 aromatic heterocycles. The molecule has 1 heterocycles. The lowest BCUT2D eigenvalue weighted by molar-refractivity contribution is -0.384. The summed E-state index contributed by atoms with van der Waals surface area (Å²) in [6.07, 6.45) is -0.408. The Morgan fingerprint density at radius 1 is 1.10 bits per heavy atom. The Morgan fingerprint density at radius 2 is 1.70 bits per heavy atom. The van der Waals surface area contributed by atoms with Crippen LogP contribution in [0.25, 0.3) is 0 Å². The number of nitrogens with one attached hydrogen (secondary N) is 1. The fraction of sp³-hybridized carbons (Fsp3) is 0.158. The molecule has 0 atom stereocenters. The number of nitro benzene ring substituents is 1. The molecule has 30 heavy (non-hydrogen) atoms. The Morgan fingerprint density at radius 3 is 2.27 bits per heavy atom. The van der Waals surface area contributed by atoms with Crippen molar-refractivity contribution in [2.45, 2.75) is 24.3 Å². The van der Waals surface area contributed by atoms with Crippen molar-refractivity contribution in [3.05, 3.63) is 97.0 Å². The molecule has 0 aliphatic heterocycles. The lowest BCUT2D eigenvalue weighted by Gasteiger charge is -2.10. The second-order valence-electron chi connectivity index (χ2n) is 6.50. The van der Waals surface area contributed by atoms with Gasteiger partial charge >= 0.3 is 0 Å². The number of non-ortho nitro benzene ring substituents is 1. The van der Waals surface area contributed by atoms with Gasteiger partial charge in [-0.15, -0.1) is 0 Å². The Balaban J connectivity index is 1.97. The van der Waals surface area contributed by atoms with Crippen molar-refractivity contribution in [3.8, 4) is 0 Å². The van der Waals surface area contributed by atoms with E-state index < -0.39 is 49.3 Å². The Labute approximate surface area is 169 Å². The molecule has 0 aliphatic rings. The zero-order valence-electron chi connectivity index (χ0n) is 15.6. The molecule has 0 spiro atoms. The van der Waals surface area contributed by atoms with Crippen LogP contribution in [-0.4, -0.2) is 23.3 Å². The number of aromatic amines is 1. The van der Waals surface area contributed by atoms with Gasteiger partial charge in [-0.05, 0) is 24.6 Å². The van der Waals surface area contributed by atoms with Gasteiger partial charge in [-0.25, -0.2) is 22.2 Å². The predicted molar refractivity (Wildman–Crippen MR) is 103 cm³/mol. The Hall–Kier alpha value is -3.47. The summed E-state index contributed by atoms with van der Waals surface area (Å²) in [5.41, 5.74) is -1.09. The summed E-state index contributed by atoms with van der Waals surface area (Å²) in [7, 11) is -4.14. The van der Waals surface area contributed by atoms with Gasteiger partial charge < -0.3 is 0 Å². The molecule has 3 rings (SSSR count). The van der Waals surface area contributed by atoms with Crippen LogP contribution in [0, 0.1) is 28.7 Å². The van der Waals surface area contributed by atoms with Crippen molar-refractivity contribution < 1.29 is 22.1 Å². The molecule has 3 aromatic rings. The van der Waals surface area contributed by atoms with Crippen LogP contribution in [0.5, 0.6) is 0 Å². The van der Waals surface area contributed by atoms with E-state index in [-0.39, 0.29) is 28.1 Å². The third kappa shape index (κ3) is 4.40. The van der Waals surface area contributed by atoms with E-state index in [2.05, 4.69) is 9.97 Å². The lowest BCUT2D eigenvalue weighted by Crippen LogP contribution is -2.22. The minimum absolute atomic E-state index is 0.0342. The number of benzene rings is 2. The van der Waals surface area contributed by atoms with Crippen LogP contribution in [0.3, 0.4) is 0 Å². The highest BCUT2D eigenvalue weighted by atomic mass is 32.2. The summed E-state index contributed by atoms with van der Waals surface area (Å²) in [6.45, 7) is 1.37. The van der Waals surface area contributed by atoms with E-state index in [1.165, 1.54) is 25.1 Å². The van der Waals surface area contributed by atoms with E-state index in [9.17, 15) is 32.1 Å². The van der Waals surface area contributed by atoms with Gasteiger partial charge in [0, 0.05) is 29.7 Å². The summed E-state index contributed by atoms with van der Waals surface area (Å²) in [5.74, 6) is -2.26. The molecule has 156 valence electrons. The van der Waals surface area contributed by atoms with Crippen LogP contribution in [0.2, 0.25) is 0 Å². The zero-order chi connectivity index (χ0) is 22.1. The molecule has 0 unspecified atom stereocenters. The largest absolute Gasteiger partial charge is 0.297 e. The van der Waals surface area contributed by atoms with Crippen LogP contribution < -0.4 is 5.56 Å². The third-order valence-corrected chi connectivity index (χ3v) is 5.93. The maximum atomic E-state index is 14.0. The van der Waals surface area contributed by atoms with Crippen molar-refractivity contribution in [2.24, 2.45) is 0 Å². The number of hydrogen-bond donors (Lipinski definition) is 1. The molecule has 0 saturated heterocycles. The second-order valence-corrected chi connectivity index (χ2v) is 8.41. The van der Waals surface area contributed by atoms with Crippen molar-refractivity contribution in [1.82, 2.24) is 9.97 Å². The van der Waals surface area contributed by atoms with Gasteiger partial charge in [0.1, 0.15) is 11.6 Å². The molecule has 0 radical (unpaired) electrons. The number of rotatable bonds is 6. The summed E-state index contributed by atoms with van der Waals surface area (Å²) in [4.78, 5) is 28.4. The molecule has 0 bridgehead atoms. The molecule has 1 N–H and O–H groups in total. The Kier molecular flexibility index (Phi) is 5.74. The minimum Gasteiger partial charge on any atom is -0.297 e. The number of hydrogen-bond acceptors (Lipinski definition) is 6. The van der Waals surface area contributed by atoms with Crippen LogP contribution in [0.15, 0.2) is 52.4 Å². The van der Waals surface area contributed by atoms with Crippen LogP contribution in [0.1, 0.15) is 22.4 Å². The van der Waals surface area contributed by atoms with E-state index in [0.717, 1.165) is 24.3 Å². The molecule has 0 fully saturated rings. The summed E-state index contributed by atoms with van der Waals surface area (Å²) in [6, 6.07) is 8.15. The third-order valence-electron chi connectivity index (χ3n) is 4.43. The van der Waals surface area contributed by atoms with E-state index >= 15 is 0 Å². The van der Waals surface area contributed by atoms with Crippen LogP contribution in [0.4, 0.5) is 14.5 Å². The molecule has 8 nitrogen and oxygen atoms in total. The summed E-state index contributed by atoms with van der Waals surface area (Å²) >= 11 is 0. The first-order valence-electron chi connectivity index (χ1n) is 8.57. The highest BCUT2D eigenvalue weighted by Gasteiger charge is 2.22. The first-order valence-corrected chi connectivity index (χ1v) is 10.2. The topological polar surface area (TPSA) is 123 Å². The summed E-state index contributed by atoms with van der Waals surface area (Å²) in [5, 5.41) is 10.1. The average Bonchev–Trinajstić information content (AvgIpc) is 2.68. The first kappa shape index (κ1) is 21.2. The van der Waals surface area contributed by atoms with E-state index in [0.29, 0.717) is 0 Å². The summed E-state index contributed by atoms with van der Waals surface area (Å²) < 4.78 is 53.3. The number of nitro groups is 1. The van der Waals surface area contributed by atoms with Crippen LogP contribution in [-0.2, 0) is 22.0 Å². The SMILES string of the molecule is Cc1c(Cc2c(F)cccc2F)nc(S(=O)(=O)Cc2ccc([N+](=O)[O-])cc2)[nH]c1=O. The smallest absolute Gasteiger partial charge is 0.269 e. The molecule has 0 saturated carbocycles.